The van der Waals surface area contributed by atoms with Gasteiger partial charge >= 0.3 is 0 Å². The summed E-state index contributed by atoms with van der Waals surface area (Å²) >= 11 is 0. The van der Waals surface area contributed by atoms with E-state index in [1.165, 1.54) is 16.6 Å². The molecule has 2 aliphatic heterocycles. The number of fused-ring (bicyclic) bond motifs is 7. The lowest BCUT2D eigenvalue weighted by Gasteiger charge is -2.39. The molecule has 6 heteroatoms. The molecule has 0 radical (unpaired) electrons. The van der Waals surface area contributed by atoms with Gasteiger partial charge in [-0.3, -0.25) is 4.90 Å². The lowest BCUT2D eigenvalue weighted by molar-refractivity contribution is 0.488. The average molecular weight is 679 g/mol. The van der Waals surface area contributed by atoms with Crippen LogP contribution < -0.4 is 30.9 Å². The fourth-order valence-corrected chi connectivity index (χ4v) is 8.46. The molecule has 53 heavy (non-hydrogen) atoms. The summed E-state index contributed by atoms with van der Waals surface area (Å²) in [7, 11) is 0. The molecule has 0 amide bonds. The van der Waals surface area contributed by atoms with Crippen molar-refractivity contribution in [2.75, 3.05) is 9.80 Å². The Balaban J connectivity index is 1.17. The second-order valence-electron chi connectivity index (χ2n) is 13.6. The van der Waals surface area contributed by atoms with E-state index in [1.54, 1.807) is 0 Å². The highest BCUT2D eigenvalue weighted by Crippen LogP contribution is 2.43. The molecule has 0 saturated carbocycles. The maximum absolute atomic E-state index is 6.92. The first-order valence-electron chi connectivity index (χ1n) is 18.0. The molecular formula is C47H31BN4O. The number of ether oxygens (including phenoxy) is 1. The lowest BCUT2D eigenvalue weighted by atomic mass is 9.34. The Morgan fingerprint density at radius 1 is 0.491 bits per heavy atom. The maximum atomic E-state index is 6.92. The highest BCUT2D eigenvalue weighted by Gasteiger charge is 2.42. The molecule has 0 fully saturated rings. The van der Waals surface area contributed by atoms with Crippen molar-refractivity contribution in [3.05, 3.63) is 188 Å². The van der Waals surface area contributed by atoms with Crippen LogP contribution in [0.2, 0.25) is 0 Å². The van der Waals surface area contributed by atoms with Gasteiger partial charge in [-0.2, -0.15) is 0 Å². The summed E-state index contributed by atoms with van der Waals surface area (Å²) in [6.07, 6.45) is 1.85. The van der Waals surface area contributed by atoms with Gasteiger partial charge in [0, 0.05) is 51.1 Å². The summed E-state index contributed by atoms with van der Waals surface area (Å²) in [6.45, 7) is 0.000959. The number of anilines is 6. The first-order valence-corrected chi connectivity index (χ1v) is 18.0. The van der Waals surface area contributed by atoms with E-state index in [0.717, 1.165) is 73.0 Å². The third kappa shape index (κ3) is 4.55. The number of rotatable bonds is 5. The van der Waals surface area contributed by atoms with Crippen LogP contribution in [0.4, 0.5) is 34.3 Å². The van der Waals surface area contributed by atoms with Crippen LogP contribution in [0.3, 0.4) is 0 Å². The minimum absolute atomic E-state index is 0.000959. The van der Waals surface area contributed by atoms with Gasteiger partial charge < -0.3 is 14.2 Å². The van der Waals surface area contributed by atoms with Gasteiger partial charge in [0.1, 0.15) is 17.3 Å². The van der Waals surface area contributed by atoms with Crippen molar-refractivity contribution in [2.24, 2.45) is 0 Å². The van der Waals surface area contributed by atoms with Crippen molar-refractivity contribution in [3.8, 4) is 17.2 Å². The van der Waals surface area contributed by atoms with E-state index >= 15 is 0 Å². The topological polar surface area (TPSA) is 33.5 Å². The number of benzene rings is 7. The van der Waals surface area contributed by atoms with Crippen LogP contribution in [0.5, 0.6) is 11.5 Å². The minimum atomic E-state index is 0.000959. The fraction of sp³-hybridized carbons (Fsp3) is 0. The summed E-state index contributed by atoms with van der Waals surface area (Å²) in [5, 5.41) is 2.31. The number of nitrogens with zero attached hydrogens (tertiary/aromatic N) is 4. The van der Waals surface area contributed by atoms with E-state index < -0.39 is 0 Å². The zero-order valence-corrected chi connectivity index (χ0v) is 28.7. The molecule has 2 aromatic heterocycles. The Kier molecular flexibility index (Phi) is 6.58. The molecule has 0 spiro atoms. The molecule has 0 bridgehead atoms. The van der Waals surface area contributed by atoms with E-state index in [-0.39, 0.29) is 6.71 Å². The Morgan fingerprint density at radius 2 is 1.19 bits per heavy atom. The van der Waals surface area contributed by atoms with Gasteiger partial charge in [-0.15, -0.1) is 0 Å². The Hall–Kier alpha value is -7.05. The molecule has 4 heterocycles. The summed E-state index contributed by atoms with van der Waals surface area (Å²) < 4.78 is 9.33. The zero-order chi connectivity index (χ0) is 34.9. The number of hydrogen-bond acceptors (Lipinski definition) is 4. The summed E-state index contributed by atoms with van der Waals surface area (Å²) in [5.74, 6) is 2.65. The van der Waals surface area contributed by atoms with Crippen LogP contribution in [-0.2, 0) is 0 Å². The SMILES string of the molecule is c1ccc(N(c2ccc3c4cc5c(cc4n(-c4ccccc4)c3c2)B2c3ccccc3N(c3ccccc3)c3cccc(c32)O5)c2ccccn2)cc1. The first kappa shape index (κ1) is 29.7. The largest absolute Gasteiger partial charge is 0.458 e. The minimum Gasteiger partial charge on any atom is -0.458 e. The molecule has 248 valence electrons. The van der Waals surface area contributed by atoms with Crippen molar-refractivity contribution in [3.63, 3.8) is 0 Å². The molecule has 0 saturated heterocycles. The lowest BCUT2D eigenvalue weighted by Crippen LogP contribution is -2.59. The molecule has 0 unspecified atom stereocenters. The molecular weight excluding hydrogens is 647 g/mol. The fourth-order valence-electron chi connectivity index (χ4n) is 8.46. The molecule has 7 aromatic carbocycles. The van der Waals surface area contributed by atoms with Crippen molar-refractivity contribution in [1.29, 1.82) is 0 Å². The Morgan fingerprint density at radius 3 is 1.98 bits per heavy atom. The van der Waals surface area contributed by atoms with Gasteiger partial charge in [-0.25, -0.2) is 4.98 Å². The van der Waals surface area contributed by atoms with Gasteiger partial charge in [0.15, 0.2) is 0 Å². The van der Waals surface area contributed by atoms with E-state index in [0.29, 0.717) is 0 Å². The van der Waals surface area contributed by atoms with Crippen LogP contribution in [0, 0.1) is 0 Å². The van der Waals surface area contributed by atoms with Crippen LogP contribution in [0.15, 0.2) is 188 Å². The molecule has 9 aromatic rings. The van der Waals surface area contributed by atoms with Crippen LogP contribution in [-0.4, -0.2) is 16.3 Å². The molecule has 0 N–H and O–H groups in total. The van der Waals surface area contributed by atoms with Crippen LogP contribution >= 0.6 is 0 Å². The molecule has 0 aliphatic carbocycles. The maximum Gasteiger partial charge on any atom is 0.256 e. The highest BCUT2D eigenvalue weighted by atomic mass is 16.5. The Labute approximate surface area is 307 Å². The molecule has 2 aliphatic rings. The van der Waals surface area contributed by atoms with Crippen LogP contribution in [0.25, 0.3) is 27.5 Å². The van der Waals surface area contributed by atoms with Gasteiger partial charge in [0.05, 0.1) is 11.0 Å². The van der Waals surface area contributed by atoms with E-state index in [1.807, 2.05) is 24.4 Å². The zero-order valence-electron chi connectivity index (χ0n) is 28.7. The van der Waals surface area contributed by atoms with Crippen LogP contribution in [0.1, 0.15) is 0 Å². The standard InChI is InChI=1S/C47H31BN4O/c1-4-15-32(16-5-1)50(46-25-12-13-28-49-46)35-26-27-36-37-30-45-39(31-43(37)52(42(36)29-35)34-19-8-3-9-20-34)48-38-21-10-11-22-40(38)51(33-17-6-2-7-18-33)41-23-14-24-44(53-45)47(41)48/h1-31H. The Bertz CT molecular complexity index is 2780. The monoisotopic (exact) mass is 678 g/mol. The second kappa shape index (κ2) is 11.8. The van der Waals surface area contributed by atoms with Crippen molar-refractivity contribution < 1.29 is 4.74 Å². The normalized spacial score (nSPS) is 12.6. The van der Waals surface area contributed by atoms with E-state index in [4.69, 9.17) is 9.72 Å². The average Bonchev–Trinajstić information content (AvgIpc) is 3.54. The number of para-hydroxylation sites is 4. The second-order valence-corrected chi connectivity index (χ2v) is 13.6. The van der Waals surface area contributed by atoms with Crippen molar-refractivity contribution in [1.82, 2.24) is 9.55 Å². The van der Waals surface area contributed by atoms with E-state index in [2.05, 4.69) is 178 Å². The van der Waals surface area contributed by atoms with Gasteiger partial charge in [-0.1, -0.05) is 91.0 Å². The van der Waals surface area contributed by atoms with Gasteiger partial charge in [0.25, 0.3) is 6.71 Å². The third-order valence-corrected chi connectivity index (χ3v) is 10.7. The smallest absolute Gasteiger partial charge is 0.256 e. The van der Waals surface area contributed by atoms with Gasteiger partial charge in [0.2, 0.25) is 0 Å². The summed E-state index contributed by atoms with van der Waals surface area (Å²) in [6, 6.07) is 64.5. The van der Waals surface area contributed by atoms with E-state index in [9.17, 15) is 0 Å². The number of aromatic nitrogens is 2. The number of pyridine rings is 1. The molecule has 5 nitrogen and oxygen atoms in total. The summed E-state index contributed by atoms with van der Waals surface area (Å²) in [4.78, 5) is 9.37. The number of hydrogen-bond donors (Lipinski definition) is 0. The first-order chi connectivity index (χ1) is 26.3. The summed E-state index contributed by atoms with van der Waals surface area (Å²) in [5.41, 5.74) is 12.5. The predicted octanol–water partition coefficient (Wildman–Crippen LogP) is 10.1. The van der Waals surface area contributed by atoms with Crippen molar-refractivity contribution in [2.45, 2.75) is 0 Å². The molecule has 0 atom stereocenters. The predicted molar refractivity (Wildman–Crippen MR) is 219 cm³/mol. The van der Waals surface area contributed by atoms with Gasteiger partial charge in [-0.05, 0) is 107 Å². The third-order valence-electron chi connectivity index (χ3n) is 10.7. The molecule has 11 rings (SSSR count). The van der Waals surface area contributed by atoms with Crippen molar-refractivity contribution >= 4 is 79.2 Å². The quantitative estimate of drug-likeness (QED) is 0.170. The highest BCUT2D eigenvalue weighted by molar-refractivity contribution is 6.99.